The van der Waals surface area contributed by atoms with E-state index in [1.807, 2.05) is 0 Å². The third-order valence-corrected chi connectivity index (χ3v) is 4.34. The van der Waals surface area contributed by atoms with Gasteiger partial charge in [0.05, 0.1) is 0 Å². The number of amides is 2. The van der Waals surface area contributed by atoms with Crippen molar-refractivity contribution in [1.82, 2.24) is 5.32 Å². The van der Waals surface area contributed by atoms with Crippen molar-refractivity contribution in [3.8, 4) is 0 Å². The fraction of sp³-hybridized carbons (Fsp3) is 0.636. The second kappa shape index (κ2) is 11.2. The van der Waals surface area contributed by atoms with Crippen LogP contribution in [0.1, 0.15) is 64.2 Å². The standard InChI is InChI=1S/C22H36N2O5/c1-21(2,3)29-20(26)24-17-12-10-16(11-13-17)19(25)23-15-22(4,5)14-8-9-18(27-6)28-7/h10-13,18H,8-9,14-15H2,1-7H3,(H,23,25)(H,24,26). The summed E-state index contributed by atoms with van der Waals surface area (Å²) in [6.45, 7) is 10.2. The molecule has 0 atom stereocenters. The van der Waals surface area contributed by atoms with Gasteiger partial charge in [-0.3, -0.25) is 10.1 Å². The average molecular weight is 409 g/mol. The smallest absolute Gasteiger partial charge is 0.412 e. The summed E-state index contributed by atoms with van der Waals surface area (Å²) in [6, 6.07) is 6.72. The molecule has 1 rings (SSSR count). The molecular formula is C22H36N2O5. The molecule has 0 unspecified atom stereocenters. The van der Waals surface area contributed by atoms with Crippen molar-refractivity contribution >= 4 is 17.7 Å². The predicted octanol–water partition coefficient (Wildman–Crippen LogP) is 4.58. The van der Waals surface area contributed by atoms with Gasteiger partial charge in [-0.05, 0) is 69.7 Å². The van der Waals surface area contributed by atoms with Crippen LogP contribution in [0.25, 0.3) is 0 Å². The van der Waals surface area contributed by atoms with Crippen LogP contribution in [0.5, 0.6) is 0 Å². The largest absolute Gasteiger partial charge is 0.444 e. The Labute approximate surface area is 174 Å². The Kier molecular flexibility index (Phi) is 9.59. The van der Waals surface area contributed by atoms with Crippen LogP contribution in [0.2, 0.25) is 0 Å². The summed E-state index contributed by atoms with van der Waals surface area (Å²) < 4.78 is 15.6. The van der Waals surface area contributed by atoms with Gasteiger partial charge in [-0.1, -0.05) is 13.8 Å². The van der Waals surface area contributed by atoms with Crippen molar-refractivity contribution in [2.24, 2.45) is 5.41 Å². The van der Waals surface area contributed by atoms with Crippen LogP contribution in [-0.4, -0.2) is 44.7 Å². The van der Waals surface area contributed by atoms with E-state index in [0.29, 0.717) is 17.8 Å². The average Bonchev–Trinajstić information content (AvgIpc) is 2.62. The number of hydrogen-bond donors (Lipinski definition) is 2. The zero-order valence-corrected chi connectivity index (χ0v) is 18.8. The van der Waals surface area contributed by atoms with Gasteiger partial charge in [0.15, 0.2) is 6.29 Å². The molecule has 2 amide bonds. The van der Waals surface area contributed by atoms with Crippen molar-refractivity contribution in [3.63, 3.8) is 0 Å². The molecule has 7 heteroatoms. The molecule has 7 nitrogen and oxygen atoms in total. The summed E-state index contributed by atoms with van der Waals surface area (Å²) in [5, 5.41) is 5.63. The molecule has 164 valence electrons. The number of nitrogens with one attached hydrogen (secondary N) is 2. The summed E-state index contributed by atoms with van der Waals surface area (Å²) >= 11 is 0. The van der Waals surface area contributed by atoms with Crippen LogP contribution in [0.3, 0.4) is 0 Å². The fourth-order valence-electron chi connectivity index (χ4n) is 2.72. The van der Waals surface area contributed by atoms with Crippen LogP contribution in [-0.2, 0) is 14.2 Å². The first-order valence-electron chi connectivity index (χ1n) is 9.89. The molecule has 0 radical (unpaired) electrons. The highest BCUT2D eigenvalue weighted by atomic mass is 16.7. The molecule has 0 bridgehead atoms. The fourth-order valence-corrected chi connectivity index (χ4v) is 2.72. The molecule has 0 aromatic heterocycles. The lowest BCUT2D eigenvalue weighted by molar-refractivity contribution is -0.107. The number of ether oxygens (including phenoxy) is 3. The number of anilines is 1. The normalized spacial score (nSPS) is 12.0. The summed E-state index contributed by atoms with van der Waals surface area (Å²) in [6.07, 6.45) is 1.99. The maximum absolute atomic E-state index is 12.4. The van der Waals surface area contributed by atoms with E-state index in [0.717, 1.165) is 19.3 Å². The van der Waals surface area contributed by atoms with E-state index >= 15 is 0 Å². The quantitative estimate of drug-likeness (QED) is 0.554. The van der Waals surface area contributed by atoms with Gasteiger partial charge < -0.3 is 19.5 Å². The highest BCUT2D eigenvalue weighted by molar-refractivity contribution is 5.95. The molecule has 1 aromatic carbocycles. The molecule has 0 fully saturated rings. The van der Waals surface area contributed by atoms with Crippen LogP contribution < -0.4 is 10.6 Å². The summed E-state index contributed by atoms with van der Waals surface area (Å²) in [4.78, 5) is 24.2. The van der Waals surface area contributed by atoms with Gasteiger partial charge in [-0.2, -0.15) is 0 Å². The Hall–Kier alpha value is -2.12. The minimum atomic E-state index is -0.565. The van der Waals surface area contributed by atoms with Crippen LogP contribution in [0, 0.1) is 5.41 Å². The van der Waals surface area contributed by atoms with E-state index in [-0.39, 0.29) is 17.6 Å². The highest BCUT2D eigenvalue weighted by Crippen LogP contribution is 2.23. The van der Waals surface area contributed by atoms with Gasteiger partial charge in [0.25, 0.3) is 5.91 Å². The first-order valence-corrected chi connectivity index (χ1v) is 9.89. The van der Waals surface area contributed by atoms with Gasteiger partial charge in [0, 0.05) is 32.0 Å². The van der Waals surface area contributed by atoms with Gasteiger partial charge >= 0.3 is 6.09 Å². The first kappa shape index (κ1) is 24.9. The highest BCUT2D eigenvalue weighted by Gasteiger charge is 2.20. The van der Waals surface area contributed by atoms with E-state index in [1.165, 1.54) is 0 Å². The molecule has 0 heterocycles. The molecule has 1 aromatic rings. The Morgan fingerprint density at radius 1 is 1.00 bits per heavy atom. The van der Waals surface area contributed by atoms with Crippen LogP contribution in [0.4, 0.5) is 10.5 Å². The van der Waals surface area contributed by atoms with Crippen molar-refractivity contribution in [1.29, 1.82) is 0 Å². The van der Waals surface area contributed by atoms with E-state index in [9.17, 15) is 9.59 Å². The maximum Gasteiger partial charge on any atom is 0.412 e. The van der Waals surface area contributed by atoms with Crippen molar-refractivity contribution in [2.75, 3.05) is 26.1 Å². The summed E-state index contributed by atoms with van der Waals surface area (Å²) in [5.74, 6) is -0.145. The van der Waals surface area contributed by atoms with Gasteiger partial charge in [0.2, 0.25) is 0 Å². The van der Waals surface area contributed by atoms with Crippen molar-refractivity contribution in [2.45, 2.75) is 65.8 Å². The lowest BCUT2D eigenvalue weighted by Crippen LogP contribution is -2.34. The maximum atomic E-state index is 12.4. The van der Waals surface area contributed by atoms with Crippen molar-refractivity contribution < 1.29 is 23.8 Å². The zero-order valence-electron chi connectivity index (χ0n) is 18.8. The van der Waals surface area contributed by atoms with Crippen LogP contribution >= 0.6 is 0 Å². The van der Waals surface area contributed by atoms with E-state index in [4.69, 9.17) is 14.2 Å². The monoisotopic (exact) mass is 408 g/mol. The Morgan fingerprint density at radius 3 is 2.10 bits per heavy atom. The molecule has 29 heavy (non-hydrogen) atoms. The second-order valence-electron chi connectivity index (χ2n) is 8.84. The number of methoxy groups -OCH3 is 2. The molecule has 0 aliphatic heterocycles. The molecular weight excluding hydrogens is 372 g/mol. The van der Waals surface area contributed by atoms with E-state index < -0.39 is 11.7 Å². The molecule has 2 N–H and O–H groups in total. The number of benzene rings is 1. The lowest BCUT2D eigenvalue weighted by Gasteiger charge is -2.26. The summed E-state index contributed by atoms with van der Waals surface area (Å²) in [7, 11) is 3.27. The molecule has 0 spiro atoms. The van der Waals surface area contributed by atoms with E-state index in [1.54, 1.807) is 59.3 Å². The molecule has 0 saturated heterocycles. The SMILES string of the molecule is COC(CCCC(C)(C)CNC(=O)c1ccc(NC(=O)OC(C)(C)C)cc1)OC. The minimum Gasteiger partial charge on any atom is -0.444 e. The third kappa shape index (κ3) is 10.3. The summed E-state index contributed by atoms with van der Waals surface area (Å²) in [5.41, 5.74) is 0.501. The predicted molar refractivity (Wildman–Crippen MR) is 114 cm³/mol. The number of carbonyl (C=O) groups excluding carboxylic acids is 2. The minimum absolute atomic E-state index is 0.0418. The molecule has 0 saturated carbocycles. The number of rotatable bonds is 10. The number of carbonyl (C=O) groups is 2. The zero-order chi connectivity index (χ0) is 22.1. The van der Waals surface area contributed by atoms with Gasteiger partial charge in [-0.15, -0.1) is 0 Å². The second-order valence-corrected chi connectivity index (χ2v) is 8.84. The van der Waals surface area contributed by atoms with Crippen LogP contribution in [0.15, 0.2) is 24.3 Å². The Bertz CT molecular complexity index is 646. The third-order valence-electron chi connectivity index (χ3n) is 4.34. The Balaban J connectivity index is 2.48. The van der Waals surface area contributed by atoms with E-state index in [2.05, 4.69) is 24.5 Å². The molecule has 0 aliphatic carbocycles. The van der Waals surface area contributed by atoms with Gasteiger partial charge in [-0.25, -0.2) is 4.79 Å². The topological polar surface area (TPSA) is 85.9 Å². The Morgan fingerprint density at radius 2 is 1.59 bits per heavy atom. The number of hydrogen-bond acceptors (Lipinski definition) is 5. The molecule has 0 aliphatic rings. The van der Waals surface area contributed by atoms with Gasteiger partial charge in [0.1, 0.15) is 5.60 Å². The van der Waals surface area contributed by atoms with Crippen molar-refractivity contribution in [3.05, 3.63) is 29.8 Å². The first-order chi connectivity index (χ1) is 13.5. The lowest BCUT2D eigenvalue weighted by atomic mass is 9.87.